The fourth-order valence-corrected chi connectivity index (χ4v) is 2.83. The molecule has 1 aromatic carbocycles. The fourth-order valence-electron chi connectivity index (χ4n) is 2.28. The maximum Gasteiger partial charge on any atom is 0.213 e. The van der Waals surface area contributed by atoms with E-state index in [-0.39, 0.29) is 0 Å². The Bertz CT molecular complexity index is 614. The van der Waals surface area contributed by atoms with E-state index in [0.717, 1.165) is 34.5 Å². The normalized spacial score (nSPS) is 12.7. The number of nitrogens with zero attached hydrogens (tertiary/aromatic N) is 1. The van der Waals surface area contributed by atoms with Crippen LogP contribution in [-0.4, -0.2) is 18.7 Å². The van der Waals surface area contributed by atoms with Crippen molar-refractivity contribution in [1.82, 2.24) is 4.98 Å². The summed E-state index contributed by atoms with van der Waals surface area (Å²) in [6.07, 6.45) is 2.74. The molecule has 2 aromatic rings. The Morgan fingerprint density at radius 1 is 1.40 bits per heavy atom. The van der Waals surface area contributed by atoms with Crippen LogP contribution in [0.2, 0.25) is 0 Å². The standard InChI is InChI=1S/C15H15BrN2O2/c1-19-14-3-2-13(9-18-14)17-8-11-7-12(16)6-10-4-5-20-15(10)11/h2-3,6-7,9,17H,4-5,8H2,1H3. The SMILES string of the molecule is COc1ccc(NCc2cc(Br)cc3c2OCC3)cn1. The molecule has 2 heterocycles. The van der Waals surface area contributed by atoms with E-state index >= 15 is 0 Å². The van der Waals surface area contributed by atoms with Crippen molar-refractivity contribution in [3.05, 3.63) is 46.1 Å². The Kier molecular flexibility index (Phi) is 3.78. The Hall–Kier alpha value is -1.75. The van der Waals surface area contributed by atoms with Gasteiger partial charge in [-0.2, -0.15) is 0 Å². The van der Waals surface area contributed by atoms with E-state index in [0.29, 0.717) is 12.4 Å². The predicted molar refractivity (Wildman–Crippen MR) is 81.5 cm³/mol. The van der Waals surface area contributed by atoms with Gasteiger partial charge in [0.2, 0.25) is 5.88 Å². The number of aromatic nitrogens is 1. The third-order valence-corrected chi connectivity index (χ3v) is 3.71. The summed E-state index contributed by atoms with van der Waals surface area (Å²) in [6, 6.07) is 8.00. The lowest BCUT2D eigenvalue weighted by molar-refractivity contribution is 0.354. The first kappa shape index (κ1) is 13.2. The monoisotopic (exact) mass is 334 g/mol. The molecule has 1 aliphatic rings. The maximum absolute atomic E-state index is 5.71. The molecule has 0 saturated heterocycles. The molecule has 0 saturated carbocycles. The smallest absolute Gasteiger partial charge is 0.213 e. The Morgan fingerprint density at radius 3 is 3.05 bits per heavy atom. The number of ether oxygens (including phenoxy) is 2. The second-order valence-corrected chi connectivity index (χ2v) is 5.51. The summed E-state index contributed by atoms with van der Waals surface area (Å²) < 4.78 is 11.8. The number of nitrogens with one attached hydrogen (secondary N) is 1. The minimum atomic E-state index is 0.613. The first-order chi connectivity index (χ1) is 9.76. The van der Waals surface area contributed by atoms with Crippen molar-refractivity contribution in [2.45, 2.75) is 13.0 Å². The molecule has 0 aliphatic carbocycles. The number of fused-ring (bicyclic) bond motifs is 1. The van der Waals surface area contributed by atoms with Crippen LogP contribution in [0.1, 0.15) is 11.1 Å². The molecule has 5 heteroatoms. The summed E-state index contributed by atoms with van der Waals surface area (Å²) in [7, 11) is 1.61. The lowest BCUT2D eigenvalue weighted by Gasteiger charge is -2.11. The second kappa shape index (κ2) is 5.71. The number of hydrogen-bond acceptors (Lipinski definition) is 4. The van der Waals surface area contributed by atoms with Crippen molar-refractivity contribution < 1.29 is 9.47 Å². The van der Waals surface area contributed by atoms with Crippen molar-refractivity contribution in [2.24, 2.45) is 0 Å². The Labute approximate surface area is 126 Å². The maximum atomic E-state index is 5.71. The fraction of sp³-hybridized carbons (Fsp3) is 0.267. The molecule has 3 rings (SSSR count). The molecule has 0 amide bonds. The molecule has 0 fully saturated rings. The number of halogens is 1. The van der Waals surface area contributed by atoms with Gasteiger partial charge < -0.3 is 14.8 Å². The third-order valence-electron chi connectivity index (χ3n) is 3.25. The molecule has 0 bridgehead atoms. The van der Waals surface area contributed by atoms with Gasteiger partial charge in [-0.25, -0.2) is 4.98 Å². The van der Waals surface area contributed by atoms with Crippen LogP contribution in [-0.2, 0) is 13.0 Å². The zero-order valence-corrected chi connectivity index (χ0v) is 12.7. The van der Waals surface area contributed by atoms with Crippen molar-refractivity contribution in [2.75, 3.05) is 19.0 Å². The number of hydrogen-bond donors (Lipinski definition) is 1. The summed E-state index contributed by atoms with van der Waals surface area (Å²) in [6.45, 7) is 1.47. The molecule has 0 unspecified atom stereocenters. The summed E-state index contributed by atoms with van der Waals surface area (Å²) in [5.74, 6) is 1.63. The van der Waals surface area contributed by atoms with Gasteiger partial charge in [0, 0.05) is 29.1 Å². The van der Waals surface area contributed by atoms with E-state index in [4.69, 9.17) is 9.47 Å². The van der Waals surface area contributed by atoms with Crippen LogP contribution in [0, 0.1) is 0 Å². The largest absolute Gasteiger partial charge is 0.493 e. The van der Waals surface area contributed by atoms with Gasteiger partial charge in [-0.15, -0.1) is 0 Å². The zero-order chi connectivity index (χ0) is 13.9. The van der Waals surface area contributed by atoms with Crippen LogP contribution in [0.25, 0.3) is 0 Å². The molecular weight excluding hydrogens is 320 g/mol. The predicted octanol–water partition coefficient (Wildman–Crippen LogP) is 3.40. The highest BCUT2D eigenvalue weighted by molar-refractivity contribution is 9.10. The third kappa shape index (κ3) is 2.72. The van der Waals surface area contributed by atoms with Crippen LogP contribution in [0.3, 0.4) is 0 Å². The molecule has 1 aliphatic heterocycles. The number of benzene rings is 1. The van der Waals surface area contributed by atoms with E-state index in [1.165, 1.54) is 5.56 Å². The molecule has 104 valence electrons. The molecule has 20 heavy (non-hydrogen) atoms. The van der Waals surface area contributed by atoms with Crippen molar-refractivity contribution in [1.29, 1.82) is 0 Å². The molecule has 0 spiro atoms. The Balaban J connectivity index is 1.75. The quantitative estimate of drug-likeness (QED) is 0.930. The van der Waals surface area contributed by atoms with Crippen molar-refractivity contribution in [3.8, 4) is 11.6 Å². The van der Waals surface area contributed by atoms with Gasteiger partial charge in [0.25, 0.3) is 0 Å². The highest BCUT2D eigenvalue weighted by atomic mass is 79.9. The molecule has 0 atom stereocenters. The topological polar surface area (TPSA) is 43.4 Å². The zero-order valence-electron chi connectivity index (χ0n) is 11.1. The van der Waals surface area contributed by atoms with Crippen LogP contribution in [0.15, 0.2) is 34.9 Å². The van der Waals surface area contributed by atoms with Crippen LogP contribution in [0.4, 0.5) is 5.69 Å². The lowest BCUT2D eigenvalue weighted by Crippen LogP contribution is -2.02. The number of anilines is 1. The van der Waals surface area contributed by atoms with Gasteiger partial charge in [0.1, 0.15) is 5.75 Å². The average Bonchev–Trinajstić information content (AvgIpc) is 2.93. The van der Waals surface area contributed by atoms with Crippen LogP contribution in [0.5, 0.6) is 11.6 Å². The van der Waals surface area contributed by atoms with Gasteiger partial charge in [-0.05, 0) is 23.8 Å². The minimum absolute atomic E-state index is 0.613. The number of rotatable bonds is 4. The van der Waals surface area contributed by atoms with E-state index in [2.05, 4.69) is 38.4 Å². The van der Waals surface area contributed by atoms with Gasteiger partial charge >= 0.3 is 0 Å². The van der Waals surface area contributed by atoms with Gasteiger partial charge in [0.15, 0.2) is 0 Å². The number of methoxy groups -OCH3 is 1. The molecular formula is C15H15BrN2O2. The lowest BCUT2D eigenvalue weighted by atomic mass is 10.1. The first-order valence-electron chi connectivity index (χ1n) is 6.44. The minimum Gasteiger partial charge on any atom is -0.493 e. The van der Waals surface area contributed by atoms with Gasteiger partial charge in [-0.3, -0.25) is 0 Å². The molecule has 0 radical (unpaired) electrons. The van der Waals surface area contributed by atoms with Crippen LogP contribution < -0.4 is 14.8 Å². The number of pyridine rings is 1. The Morgan fingerprint density at radius 2 is 2.30 bits per heavy atom. The first-order valence-corrected chi connectivity index (χ1v) is 7.23. The summed E-state index contributed by atoms with van der Waals surface area (Å²) >= 11 is 3.55. The second-order valence-electron chi connectivity index (χ2n) is 4.59. The highest BCUT2D eigenvalue weighted by Crippen LogP contribution is 2.33. The van der Waals surface area contributed by atoms with E-state index in [1.807, 2.05) is 12.1 Å². The van der Waals surface area contributed by atoms with Gasteiger partial charge in [-0.1, -0.05) is 15.9 Å². The molecule has 1 N–H and O–H groups in total. The van der Waals surface area contributed by atoms with E-state index in [1.54, 1.807) is 13.3 Å². The van der Waals surface area contributed by atoms with Gasteiger partial charge in [0.05, 0.1) is 25.6 Å². The summed E-state index contributed by atoms with van der Waals surface area (Å²) in [4.78, 5) is 4.17. The summed E-state index contributed by atoms with van der Waals surface area (Å²) in [5, 5.41) is 3.35. The van der Waals surface area contributed by atoms with Crippen LogP contribution >= 0.6 is 15.9 Å². The van der Waals surface area contributed by atoms with Crippen molar-refractivity contribution >= 4 is 21.6 Å². The molecule has 1 aromatic heterocycles. The van der Waals surface area contributed by atoms with Crippen molar-refractivity contribution in [3.63, 3.8) is 0 Å². The summed E-state index contributed by atoms with van der Waals surface area (Å²) in [5.41, 5.74) is 3.38. The highest BCUT2D eigenvalue weighted by Gasteiger charge is 2.17. The average molecular weight is 335 g/mol. The van der Waals surface area contributed by atoms with E-state index < -0.39 is 0 Å². The van der Waals surface area contributed by atoms with E-state index in [9.17, 15) is 0 Å². The molecule has 4 nitrogen and oxygen atoms in total.